The maximum atomic E-state index is 9.17. The first kappa shape index (κ1) is 13.9. The number of aromatic nitrogens is 2. The molecule has 0 N–H and O–H groups in total. The fraction of sp³-hybridized carbons (Fsp3) is 0.111. The molecular formula is C18H15N3O. The molecule has 0 saturated carbocycles. The number of rotatable bonds is 3. The van der Waals surface area contributed by atoms with E-state index < -0.39 is 0 Å². The number of hydrogen-bond acceptors (Lipinski definition) is 3. The molecule has 3 rings (SSSR count). The highest BCUT2D eigenvalue weighted by Crippen LogP contribution is 2.27. The molecule has 0 aliphatic carbocycles. The molecule has 2 aromatic carbocycles. The molecule has 0 bridgehead atoms. The van der Waals surface area contributed by atoms with E-state index in [-0.39, 0.29) is 0 Å². The SMILES string of the molecule is COc1cccc(-c2cc(C#N)nn2-c2cccc(C)c2)c1. The highest BCUT2D eigenvalue weighted by atomic mass is 16.5. The molecule has 0 fully saturated rings. The Balaban J connectivity index is 2.19. The van der Waals surface area contributed by atoms with Gasteiger partial charge in [0.15, 0.2) is 5.69 Å². The van der Waals surface area contributed by atoms with Crippen LogP contribution < -0.4 is 4.74 Å². The van der Waals surface area contributed by atoms with Gasteiger partial charge in [-0.15, -0.1) is 0 Å². The largest absolute Gasteiger partial charge is 0.497 e. The van der Waals surface area contributed by atoms with Gasteiger partial charge in [0.05, 0.1) is 18.5 Å². The molecule has 0 spiro atoms. The van der Waals surface area contributed by atoms with Gasteiger partial charge in [-0.25, -0.2) is 4.68 Å². The number of aryl methyl sites for hydroxylation is 1. The Labute approximate surface area is 129 Å². The van der Waals surface area contributed by atoms with Gasteiger partial charge in [-0.2, -0.15) is 10.4 Å². The second-order valence-corrected chi connectivity index (χ2v) is 5.01. The molecule has 0 unspecified atom stereocenters. The Kier molecular flexibility index (Phi) is 3.63. The molecule has 0 atom stereocenters. The third-order valence-electron chi connectivity index (χ3n) is 3.44. The van der Waals surface area contributed by atoms with Crippen LogP contribution >= 0.6 is 0 Å². The predicted octanol–water partition coefficient (Wildman–Crippen LogP) is 3.73. The van der Waals surface area contributed by atoms with Crippen molar-refractivity contribution >= 4 is 0 Å². The van der Waals surface area contributed by atoms with Crippen LogP contribution in [0.2, 0.25) is 0 Å². The monoisotopic (exact) mass is 289 g/mol. The van der Waals surface area contributed by atoms with Gasteiger partial charge in [0.25, 0.3) is 0 Å². The number of nitrogens with zero attached hydrogens (tertiary/aromatic N) is 3. The first-order valence-electron chi connectivity index (χ1n) is 6.93. The normalized spacial score (nSPS) is 10.2. The first-order chi connectivity index (χ1) is 10.7. The molecule has 108 valence electrons. The average molecular weight is 289 g/mol. The maximum absolute atomic E-state index is 9.17. The maximum Gasteiger partial charge on any atom is 0.163 e. The fourth-order valence-electron chi connectivity index (χ4n) is 2.38. The predicted molar refractivity (Wildman–Crippen MR) is 85.0 cm³/mol. The van der Waals surface area contributed by atoms with Crippen molar-refractivity contribution in [1.29, 1.82) is 5.26 Å². The summed E-state index contributed by atoms with van der Waals surface area (Å²) in [6.45, 7) is 2.03. The molecule has 22 heavy (non-hydrogen) atoms. The van der Waals surface area contributed by atoms with Crippen LogP contribution in [0, 0.1) is 18.3 Å². The lowest BCUT2D eigenvalue weighted by molar-refractivity contribution is 0.415. The van der Waals surface area contributed by atoms with Gasteiger partial charge in [-0.05, 0) is 36.8 Å². The zero-order valence-corrected chi connectivity index (χ0v) is 12.4. The van der Waals surface area contributed by atoms with Crippen LogP contribution in [0.3, 0.4) is 0 Å². The van der Waals surface area contributed by atoms with Crippen LogP contribution in [0.4, 0.5) is 0 Å². The number of benzene rings is 2. The molecular weight excluding hydrogens is 274 g/mol. The lowest BCUT2D eigenvalue weighted by Gasteiger charge is -2.09. The van der Waals surface area contributed by atoms with Crippen molar-refractivity contribution in [3.63, 3.8) is 0 Å². The Hall–Kier alpha value is -3.06. The Morgan fingerprint density at radius 3 is 2.64 bits per heavy atom. The van der Waals surface area contributed by atoms with E-state index in [0.717, 1.165) is 28.3 Å². The average Bonchev–Trinajstić information content (AvgIpc) is 2.99. The molecule has 1 aromatic heterocycles. The van der Waals surface area contributed by atoms with E-state index in [1.54, 1.807) is 17.9 Å². The van der Waals surface area contributed by atoms with E-state index in [0.29, 0.717) is 5.69 Å². The highest BCUT2D eigenvalue weighted by Gasteiger charge is 2.12. The van der Waals surface area contributed by atoms with Crippen molar-refractivity contribution in [2.45, 2.75) is 6.92 Å². The van der Waals surface area contributed by atoms with Gasteiger partial charge in [0.2, 0.25) is 0 Å². The van der Waals surface area contributed by atoms with E-state index >= 15 is 0 Å². The highest BCUT2D eigenvalue weighted by molar-refractivity contribution is 5.65. The number of methoxy groups -OCH3 is 1. The lowest BCUT2D eigenvalue weighted by Crippen LogP contribution is -1.99. The van der Waals surface area contributed by atoms with Crippen LogP contribution in [0.1, 0.15) is 11.3 Å². The van der Waals surface area contributed by atoms with Crippen molar-refractivity contribution < 1.29 is 4.74 Å². The van der Waals surface area contributed by atoms with Gasteiger partial charge >= 0.3 is 0 Å². The molecule has 0 radical (unpaired) electrons. The zero-order chi connectivity index (χ0) is 15.5. The minimum absolute atomic E-state index is 0.388. The molecule has 4 heteroatoms. The molecule has 0 amide bonds. The van der Waals surface area contributed by atoms with Gasteiger partial charge in [0.1, 0.15) is 11.8 Å². The summed E-state index contributed by atoms with van der Waals surface area (Å²) in [6, 6.07) is 19.7. The minimum Gasteiger partial charge on any atom is -0.497 e. The van der Waals surface area contributed by atoms with Gasteiger partial charge in [-0.3, -0.25) is 0 Å². The number of hydrogen-bond donors (Lipinski definition) is 0. The molecule has 3 aromatic rings. The summed E-state index contributed by atoms with van der Waals surface area (Å²) in [5.74, 6) is 0.771. The third-order valence-corrected chi connectivity index (χ3v) is 3.44. The first-order valence-corrected chi connectivity index (χ1v) is 6.93. The smallest absolute Gasteiger partial charge is 0.163 e. The summed E-state index contributed by atoms with van der Waals surface area (Å²) in [6.07, 6.45) is 0. The van der Waals surface area contributed by atoms with Gasteiger partial charge < -0.3 is 4.74 Å². The Morgan fingerprint density at radius 2 is 1.91 bits per heavy atom. The van der Waals surface area contributed by atoms with E-state index in [2.05, 4.69) is 11.2 Å². The van der Waals surface area contributed by atoms with E-state index in [1.165, 1.54) is 0 Å². The summed E-state index contributed by atoms with van der Waals surface area (Å²) in [5, 5.41) is 13.6. The van der Waals surface area contributed by atoms with Crippen LogP contribution in [0.15, 0.2) is 54.6 Å². The van der Waals surface area contributed by atoms with Crippen molar-refractivity contribution in [2.75, 3.05) is 7.11 Å². The number of ether oxygens (including phenoxy) is 1. The second-order valence-electron chi connectivity index (χ2n) is 5.01. The molecule has 4 nitrogen and oxygen atoms in total. The summed E-state index contributed by atoms with van der Waals surface area (Å²) in [5.41, 5.74) is 4.28. The van der Waals surface area contributed by atoms with Crippen molar-refractivity contribution in [2.24, 2.45) is 0 Å². The Bertz CT molecular complexity index is 859. The van der Waals surface area contributed by atoms with Crippen LogP contribution in [0.5, 0.6) is 5.75 Å². The van der Waals surface area contributed by atoms with E-state index in [4.69, 9.17) is 4.74 Å². The summed E-state index contributed by atoms with van der Waals surface area (Å²) < 4.78 is 7.07. The third kappa shape index (κ3) is 2.57. The molecule has 1 heterocycles. The van der Waals surface area contributed by atoms with Crippen molar-refractivity contribution in [1.82, 2.24) is 9.78 Å². The Morgan fingerprint density at radius 1 is 1.09 bits per heavy atom. The summed E-state index contributed by atoms with van der Waals surface area (Å²) in [4.78, 5) is 0. The van der Waals surface area contributed by atoms with Crippen LogP contribution in [-0.4, -0.2) is 16.9 Å². The number of nitriles is 1. The van der Waals surface area contributed by atoms with Gasteiger partial charge in [-0.1, -0.05) is 24.3 Å². The molecule has 0 aliphatic rings. The standard InChI is InChI=1S/C18H15N3O/c1-13-5-3-7-16(9-13)21-18(11-15(12-19)20-21)14-6-4-8-17(10-14)22-2/h3-11H,1-2H3. The van der Waals surface area contributed by atoms with Crippen molar-refractivity contribution in [3.05, 3.63) is 65.9 Å². The molecule has 0 saturated heterocycles. The quantitative estimate of drug-likeness (QED) is 0.738. The fourth-order valence-corrected chi connectivity index (χ4v) is 2.38. The second kappa shape index (κ2) is 5.74. The topological polar surface area (TPSA) is 50.8 Å². The zero-order valence-electron chi connectivity index (χ0n) is 12.4. The van der Waals surface area contributed by atoms with E-state index in [9.17, 15) is 5.26 Å². The minimum atomic E-state index is 0.388. The van der Waals surface area contributed by atoms with Crippen LogP contribution in [-0.2, 0) is 0 Å². The summed E-state index contributed by atoms with van der Waals surface area (Å²) in [7, 11) is 1.64. The van der Waals surface area contributed by atoms with Crippen molar-refractivity contribution in [3.8, 4) is 28.8 Å². The summed E-state index contributed by atoms with van der Waals surface area (Å²) >= 11 is 0. The lowest BCUT2D eigenvalue weighted by atomic mass is 10.1. The molecule has 0 aliphatic heterocycles. The van der Waals surface area contributed by atoms with Crippen LogP contribution in [0.25, 0.3) is 16.9 Å². The van der Waals surface area contributed by atoms with E-state index in [1.807, 2.05) is 55.5 Å². The van der Waals surface area contributed by atoms with Gasteiger partial charge in [0, 0.05) is 11.6 Å².